The van der Waals surface area contributed by atoms with E-state index in [-0.39, 0.29) is 25.0 Å². The third-order valence-corrected chi connectivity index (χ3v) is 2.85. The van der Waals surface area contributed by atoms with E-state index in [1.54, 1.807) is 0 Å². The predicted octanol–water partition coefficient (Wildman–Crippen LogP) is 0.241. The summed E-state index contributed by atoms with van der Waals surface area (Å²) in [5.74, 6) is -0.803. The molecule has 0 aromatic rings. The summed E-state index contributed by atoms with van der Waals surface area (Å²) in [6.45, 7) is 0.635. The quantitative estimate of drug-likeness (QED) is 0.726. The van der Waals surface area contributed by atoms with Gasteiger partial charge in [0, 0.05) is 12.5 Å². The average Bonchev–Trinajstić information content (AvgIpc) is 2.98. The molecule has 1 amide bonds. The van der Waals surface area contributed by atoms with Gasteiger partial charge in [-0.3, -0.25) is 9.59 Å². The molecule has 0 aromatic heterocycles. The molecule has 1 saturated heterocycles. The van der Waals surface area contributed by atoms with Crippen LogP contribution in [0.4, 0.5) is 0 Å². The van der Waals surface area contributed by atoms with Crippen LogP contribution in [0.3, 0.4) is 0 Å². The fraction of sp³-hybridized carbons (Fsp3) is 0.800. The maximum absolute atomic E-state index is 11.6. The molecule has 1 unspecified atom stereocenters. The van der Waals surface area contributed by atoms with Crippen LogP contribution in [0.1, 0.15) is 25.7 Å². The zero-order chi connectivity index (χ0) is 10.8. The molecule has 0 spiro atoms. The van der Waals surface area contributed by atoms with E-state index in [1.807, 2.05) is 4.90 Å². The van der Waals surface area contributed by atoms with Gasteiger partial charge in [0.1, 0.15) is 6.61 Å². The summed E-state index contributed by atoms with van der Waals surface area (Å²) < 4.78 is 5.15. The van der Waals surface area contributed by atoms with Crippen LogP contribution in [0, 0.1) is 0 Å². The van der Waals surface area contributed by atoms with Crippen LogP contribution < -0.4 is 0 Å². The first-order valence-corrected chi connectivity index (χ1v) is 5.29. The fourth-order valence-electron chi connectivity index (χ4n) is 2.01. The van der Waals surface area contributed by atoms with Gasteiger partial charge in [0.25, 0.3) is 0 Å². The van der Waals surface area contributed by atoms with Crippen LogP contribution in [0.25, 0.3) is 0 Å². The average molecular weight is 213 g/mol. The molecule has 1 N–H and O–H groups in total. The van der Waals surface area contributed by atoms with Crippen molar-refractivity contribution >= 4 is 11.9 Å². The lowest BCUT2D eigenvalue weighted by molar-refractivity contribution is -0.150. The minimum absolute atomic E-state index is 0.0131. The topological polar surface area (TPSA) is 66.8 Å². The van der Waals surface area contributed by atoms with E-state index in [9.17, 15) is 9.59 Å². The molecular formula is C10H15NO4. The Labute approximate surface area is 88.0 Å². The van der Waals surface area contributed by atoms with Gasteiger partial charge in [-0.25, -0.2) is 0 Å². The van der Waals surface area contributed by atoms with Gasteiger partial charge in [0.15, 0.2) is 0 Å². The summed E-state index contributed by atoms with van der Waals surface area (Å²) >= 11 is 0. The lowest BCUT2D eigenvalue weighted by atomic mass is 10.1. The maximum Gasteiger partial charge on any atom is 0.303 e. The smallest absolute Gasteiger partial charge is 0.303 e. The summed E-state index contributed by atoms with van der Waals surface area (Å²) in [5.41, 5.74) is 0. The van der Waals surface area contributed by atoms with E-state index >= 15 is 0 Å². The molecule has 15 heavy (non-hydrogen) atoms. The Morgan fingerprint density at radius 2 is 2.27 bits per heavy atom. The van der Waals surface area contributed by atoms with E-state index in [0.29, 0.717) is 19.1 Å². The highest BCUT2D eigenvalue weighted by atomic mass is 16.5. The summed E-state index contributed by atoms with van der Waals surface area (Å²) in [5, 5.41) is 8.61. The Balaban J connectivity index is 1.93. The van der Waals surface area contributed by atoms with Crippen LogP contribution in [0.15, 0.2) is 0 Å². The van der Waals surface area contributed by atoms with Crippen molar-refractivity contribution in [1.29, 1.82) is 0 Å². The predicted molar refractivity (Wildman–Crippen MR) is 51.3 cm³/mol. The molecule has 1 aliphatic carbocycles. The van der Waals surface area contributed by atoms with Crippen molar-refractivity contribution in [2.75, 3.05) is 13.2 Å². The van der Waals surface area contributed by atoms with Gasteiger partial charge in [-0.05, 0) is 19.3 Å². The van der Waals surface area contributed by atoms with Crippen LogP contribution in [0.5, 0.6) is 0 Å². The lowest BCUT2D eigenvalue weighted by Crippen LogP contribution is -2.50. The van der Waals surface area contributed by atoms with E-state index in [1.165, 1.54) is 0 Å². The summed E-state index contributed by atoms with van der Waals surface area (Å²) in [6.07, 6.45) is 2.70. The fourth-order valence-corrected chi connectivity index (χ4v) is 2.01. The molecule has 1 heterocycles. The van der Waals surface area contributed by atoms with Crippen molar-refractivity contribution in [2.45, 2.75) is 37.8 Å². The van der Waals surface area contributed by atoms with Gasteiger partial charge in [-0.1, -0.05) is 0 Å². The Kier molecular flexibility index (Phi) is 2.90. The molecule has 1 aliphatic heterocycles. The SMILES string of the molecule is O=C(O)CCC1COCC(=O)N1C1CC1. The number of aliphatic carboxylic acids is 1. The highest BCUT2D eigenvalue weighted by molar-refractivity contribution is 5.79. The molecule has 2 fully saturated rings. The van der Waals surface area contributed by atoms with Crippen LogP contribution >= 0.6 is 0 Å². The lowest BCUT2D eigenvalue weighted by Gasteiger charge is -2.35. The number of rotatable bonds is 4. The molecule has 0 bridgehead atoms. The van der Waals surface area contributed by atoms with Gasteiger partial charge >= 0.3 is 5.97 Å². The van der Waals surface area contributed by atoms with Gasteiger partial charge < -0.3 is 14.7 Å². The Morgan fingerprint density at radius 1 is 1.53 bits per heavy atom. The molecule has 1 atom stereocenters. The standard InChI is InChI=1S/C10H15NO4/c12-9-6-15-5-8(3-4-10(13)14)11(9)7-1-2-7/h7-8H,1-6H2,(H,13,14). The van der Waals surface area contributed by atoms with Crippen molar-refractivity contribution in [2.24, 2.45) is 0 Å². The molecule has 2 rings (SSSR count). The number of amides is 1. The monoisotopic (exact) mass is 213 g/mol. The molecule has 0 aromatic carbocycles. The van der Waals surface area contributed by atoms with E-state index in [4.69, 9.17) is 9.84 Å². The Bertz CT molecular complexity index is 275. The molecule has 0 radical (unpaired) electrons. The van der Waals surface area contributed by atoms with Crippen LogP contribution in [-0.2, 0) is 14.3 Å². The first-order valence-electron chi connectivity index (χ1n) is 5.29. The largest absolute Gasteiger partial charge is 0.481 e. The van der Waals surface area contributed by atoms with E-state index in [0.717, 1.165) is 12.8 Å². The normalized spacial score (nSPS) is 26.8. The van der Waals surface area contributed by atoms with E-state index in [2.05, 4.69) is 0 Å². The maximum atomic E-state index is 11.6. The van der Waals surface area contributed by atoms with Crippen LogP contribution in [0.2, 0.25) is 0 Å². The number of hydrogen-bond acceptors (Lipinski definition) is 3. The number of carboxylic acids is 1. The number of ether oxygens (including phenoxy) is 1. The minimum Gasteiger partial charge on any atom is -0.481 e. The number of carbonyl (C=O) groups is 2. The number of nitrogens with zero attached hydrogens (tertiary/aromatic N) is 1. The zero-order valence-electron chi connectivity index (χ0n) is 8.52. The second kappa shape index (κ2) is 4.18. The Morgan fingerprint density at radius 3 is 2.87 bits per heavy atom. The van der Waals surface area contributed by atoms with Gasteiger partial charge in [0.2, 0.25) is 5.91 Å². The second-order valence-corrected chi connectivity index (χ2v) is 4.13. The third-order valence-electron chi connectivity index (χ3n) is 2.85. The molecule has 84 valence electrons. The van der Waals surface area contributed by atoms with Crippen LogP contribution in [-0.4, -0.2) is 47.2 Å². The highest BCUT2D eigenvalue weighted by Crippen LogP contribution is 2.31. The molecular weight excluding hydrogens is 198 g/mol. The molecule has 1 saturated carbocycles. The first kappa shape index (κ1) is 10.4. The molecule has 5 nitrogen and oxygen atoms in total. The minimum atomic E-state index is -0.816. The van der Waals surface area contributed by atoms with Gasteiger partial charge in [0.05, 0.1) is 12.6 Å². The number of carboxylic acid groups (broad SMARTS) is 1. The number of morpholine rings is 1. The second-order valence-electron chi connectivity index (χ2n) is 4.13. The summed E-state index contributed by atoms with van der Waals surface area (Å²) in [4.78, 5) is 23.9. The first-order chi connectivity index (χ1) is 7.18. The van der Waals surface area contributed by atoms with Crippen molar-refractivity contribution in [3.8, 4) is 0 Å². The molecule has 5 heteroatoms. The number of carbonyl (C=O) groups excluding carboxylic acids is 1. The van der Waals surface area contributed by atoms with Gasteiger partial charge in [-0.2, -0.15) is 0 Å². The zero-order valence-corrected chi connectivity index (χ0v) is 8.52. The van der Waals surface area contributed by atoms with E-state index < -0.39 is 5.97 Å². The number of hydrogen-bond donors (Lipinski definition) is 1. The third kappa shape index (κ3) is 2.47. The van der Waals surface area contributed by atoms with Gasteiger partial charge in [-0.15, -0.1) is 0 Å². The highest BCUT2D eigenvalue weighted by Gasteiger charge is 2.39. The van der Waals surface area contributed by atoms with Crippen molar-refractivity contribution in [3.05, 3.63) is 0 Å². The van der Waals surface area contributed by atoms with Crippen molar-refractivity contribution in [3.63, 3.8) is 0 Å². The van der Waals surface area contributed by atoms with Crippen molar-refractivity contribution in [1.82, 2.24) is 4.90 Å². The Hall–Kier alpha value is -1.10. The molecule has 2 aliphatic rings. The summed E-state index contributed by atoms with van der Waals surface area (Å²) in [6, 6.07) is 0.315. The van der Waals surface area contributed by atoms with Crippen molar-refractivity contribution < 1.29 is 19.4 Å². The summed E-state index contributed by atoms with van der Waals surface area (Å²) in [7, 11) is 0.